The van der Waals surface area contributed by atoms with E-state index in [4.69, 9.17) is 19.7 Å². The van der Waals surface area contributed by atoms with Crippen molar-refractivity contribution in [3.8, 4) is 0 Å². The van der Waals surface area contributed by atoms with Crippen LogP contribution >= 0.6 is 0 Å². The lowest BCUT2D eigenvalue weighted by molar-refractivity contribution is -0.149. The van der Waals surface area contributed by atoms with Crippen LogP contribution in [0.4, 0.5) is 0 Å². The molecule has 90 valence electrons. The smallest absolute Gasteiger partial charge is 0.163 e. The van der Waals surface area contributed by atoms with E-state index in [-0.39, 0.29) is 25.4 Å². The predicted octanol–water partition coefficient (Wildman–Crippen LogP) is -0.368. The molecule has 1 saturated heterocycles. The summed E-state index contributed by atoms with van der Waals surface area (Å²) in [7, 11) is 0. The molecule has 1 rings (SSSR count). The minimum Gasteiger partial charge on any atom is -0.394 e. The molecule has 1 aliphatic heterocycles. The quantitative estimate of drug-likeness (QED) is 0.589. The minimum absolute atomic E-state index is 0.0939. The zero-order chi connectivity index (χ0) is 11.5. The Kier molecular flexibility index (Phi) is 4.48. The summed E-state index contributed by atoms with van der Waals surface area (Å²) in [5, 5.41) is 26.9. The number of ether oxygens (including phenoxy) is 2. The fourth-order valence-electron chi connectivity index (χ4n) is 1.76. The van der Waals surface area contributed by atoms with E-state index in [1.807, 2.05) is 0 Å². The third-order valence-electron chi connectivity index (χ3n) is 2.46. The van der Waals surface area contributed by atoms with E-state index in [0.29, 0.717) is 12.8 Å². The lowest BCUT2D eigenvalue weighted by Crippen LogP contribution is -2.27. The van der Waals surface area contributed by atoms with Crippen molar-refractivity contribution in [1.29, 1.82) is 0 Å². The molecule has 0 amide bonds. The molecule has 1 heterocycles. The SMILES string of the molecule is CC1(C)O[C@@H](CO)[C@@H](CCC(O)CO)O1. The van der Waals surface area contributed by atoms with Crippen LogP contribution in [0, 0.1) is 0 Å². The maximum Gasteiger partial charge on any atom is 0.163 e. The van der Waals surface area contributed by atoms with E-state index in [1.165, 1.54) is 0 Å². The average molecular weight is 220 g/mol. The third-order valence-corrected chi connectivity index (χ3v) is 2.46. The molecular formula is C10H20O5. The Morgan fingerprint density at radius 1 is 1.20 bits per heavy atom. The first-order chi connectivity index (χ1) is 6.98. The molecule has 1 aliphatic rings. The third kappa shape index (κ3) is 3.70. The van der Waals surface area contributed by atoms with Gasteiger partial charge in [-0.25, -0.2) is 0 Å². The van der Waals surface area contributed by atoms with Crippen LogP contribution in [0.15, 0.2) is 0 Å². The molecule has 0 aromatic carbocycles. The van der Waals surface area contributed by atoms with Crippen LogP contribution in [0.3, 0.4) is 0 Å². The van der Waals surface area contributed by atoms with Crippen molar-refractivity contribution in [3.05, 3.63) is 0 Å². The molecule has 3 atom stereocenters. The Morgan fingerprint density at radius 2 is 1.80 bits per heavy atom. The highest BCUT2D eigenvalue weighted by Gasteiger charge is 2.40. The summed E-state index contributed by atoms with van der Waals surface area (Å²) in [4.78, 5) is 0. The highest BCUT2D eigenvalue weighted by atomic mass is 16.8. The van der Waals surface area contributed by atoms with E-state index < -0.39 is 11.9 Å². The van der Waals surface area contributed by atoms with E-state index in [9.17, 15) is 5.11 Å². The molecule has 0 saturated carbocycles. The Bertz CT molecular complexity index is 194. The van der Waals surface area contributed by atoms with Gasteiger partial charge in [0.25, 0.3) is 0 Å². The van der Waals surface area contributed by atoms with Crippen LogP contribution in [0.2, 0.25) is 0 Å². The van der Waals surface area contributed by atoms with Crippen molar-refractivity contribution in [2.24, 2.45) is 0 Å². The van der Waals surface area contributed by atoms with Crippen molar-refractivity contribution in [2.75, 3.05) is 13.2 Å². The molecule has 0 aromatic rings. The predicted molar refractivity (Wildman–Crippen MR) is 53.2 cm³/mol. The van der Waals surface area contributed by atoms with Gasteiger partial charge < -0.3 is 24.8 Å². The van der Waals surface area contributed by atoms with Crippen molar-refractivity contribution in [2.45, 2.75) is 50.8 Å². The van der Waals surface area contributed by atoms with Gasteiger partial charge >= 0.3 is 0 Å². The molecule has 15 heavy (non-hydrogen) atoms. The van der Waals surface area contributed by atoms with Gasteiger partial charge in [0.1, 0.15) is 6.10 Å². The Hall–Kier alpha value is -0.200. The maximum atomic E-state index is 9.20. The van der Waals surface area contributed by atoms with Gasteiger partial charge in [0.15, 0.2) is 5.79 Å². The molecule has 0 radical (unpaired) electrons. The van der Waals surface area contributed by atoms with Gasteiger partial charge in [0, 0.05) is 0 Å². The molecule has 0 bridgehead atoms. The molecule has 5 nitrogen and oxygen atoms in total. The summed E-state index contributed by atoms with van der Waals surface area (Å²) in [6.45, 7) is 3.24. The largest absolute Gasteiger partial charge is 0.394 e. The fraction of sp³-hybridized carbons (Fsp3) is 1.00. The van der Waals surface area contributed by atoms with Crippen molar-refractivity contribution >= 4 is 0 Å². The van der Waals surface area contributed by atoms with Gasteiger partial charge in [-0.1, -0.05) is 0 Å². The van der Waals surface area contributed by atoms with Gasteiger partial charge in [-0.2, -0.15) is 0 Å². The molecule has 5 heteroatoms. The summed E-state index contributed by atoms with van der Waals surface area (Å²) in [5.74, 6) is -0.678. The van der Waals surface area contributed by atoms with Gasteiger partial charge in [-0.05, 0) is 26.7 Å². The second-order valence-corrected chi connectivity index (χ2v) is 4.31. The maximum absolute atomic E-state index is 9.20. The van der Waals surface area contributed by atoms with Crippen molar-refractivity contribution in [3.63, 3.8) is 0 Å². The van der Waals surface area contributed by atoms with Crippen LogP contribution in [0.25, 0.3) is 0 Å². The first kappa shape index (κ1) is 12.9. The average Bonchev–Trinajstić information content (AvgIpc) is 2.49. The molecule has 1 unspecified atom stereocenters. The van der Waals surface area contributed by atoms with Gasteiger partial charge in [0.05, 0.1) is 25.4 Å². The van der Waals surface area contributed by atoms with Gasteiger partial charge in [-0.3, -0.25) is 0 Å². The fourth-order valence-corrected chi connectivity index (χ4v) is 1.76. The number of rotatable bonds is 5. The van der Waals surface area contributed by atoms with E-state index in [2.05, 4.69) is 0 Å². The first-order valence-corrected chi connectivity index (χ1v) is 5.24. The van der Waals surface area contributed by atoms with Crippen LogP contribution in [-0.4, -0.2) is 52.6 Å². The minimum atomic E-state index is -0.725. The van der Waals surface area contributed by atoms with Gasteiger partial charge in [0.2, 0.25) is 0 Å². The lowest BCUT2D eigenvalue weighted by atomic mass is 10.1. The number of hydrogen-bond acceptors (Lipinski definition) is 5. The summed E-state index contributed by atoms with van der Waals surface area (Å²) < 4.78 is 11.0. The van der Waals surface area contributed by atoms with Gasteiger partial charge in [-0.15, -0.1) is 0 Å². The van der Waals surface area contributed by atoms with Crippen molar-refractivity contribution in [1.82, 2.24) is 0 Å². The molecule has 1 fully saturated rings. The number of hydrogen-bond donors (Lipinski definition) is 3. The van der Waals surface area contributed by atoms with Crippen LogP contribution < -0.4 is 0 Å². The highest BCUT2D eigenvalue weighted by molar-refractivity contribution is 4.81. The van der Waals surface area contributed by atoms with Crippen LogP contribution in [0.5, 0.6) is 0 Å². The normalized spacial score (nSPS) is 31.8. The van der Waals surface area contributed by atoms with E-state index in [0.717, 1.165) is 0 Å². The number of aliphatic hydroxyl groups excluding tert-OH is 3. The molecule has 3 N–H and O–H groups in total. The molecular weight excluding hydrogens is 200 g/mol. The van der Waals surface area contributed by atoms with E-state index >= 15 is 0 Å². The molecule has 0 aliphatic carbocycles. The summed E-state index contributed by atoms with van der Waals surface area (Å²) in [5.41, 5.74) is 0. The standard InChI is InChI=1S/C10H20O5/c1-10(2)14-8(9(6-12)15-10)4-3-7(13)5-11/h7-9,11-13H,3-6H2,1-2H3/t7?,8-,9+/m1/s1. The Balaban J connectivity index is 2.40. The Morgan fingerprint density at radius 3 is 2.33 bits per heavy atom. The van der Waals surface area contributed by atoms with Crippen molar-refractivity contribution < 1.29 is 24.8 Å². The second-order valence-electron chi connectivity index (χ2n) is 4.31. The first-order valence-electron chi connectivity index (χ1n) is 5.24. The molecule has 0 spiro atoms. The summed E-state index contributed by atoms with van der Waals surface area (Å²) in [6, 6.07) is 0. The van der Waals surface area contributed by atoms with Crippen LogP contribution in [-0.2, 0) is 9.47 Å². The monoisotopic (exact) mass is 220 g/mol. The zero-order valence-corrected chi connectivity index (χ0v) is 9.22. The second kappa shape index (κ2) is 5.23. The van der Waals surface area contributed by atoms with E-state index in [1.54, 1.807) is 13.8 Å². The highest BCUT2D eigenvalue weighted by Crippen LogP contribution is 2.30. The van der Waals surface area contributed by atoms with Crippen LogP contribution in [0.1, 0.15) is 26.7 Å². The zero-order valence-electron chi connectivity index (χ0n) is 9.22. The topological polar surface area (TPSA) is 79.2 Å². The number of aliphatic hydroxyl groups is 3. The lowest BCUT2D eigenvalue weighted by Gasteiger charge is -2.17. The Labute approximate surface area is 89.6 Å². The molecule has 0 aromatic heterocycles. The summed E-state index contributed by atoms with van der Waals surface area (Å²) >= 11 is 0. The summed E-state index contributed by atoms with van der Waals surface area (Å²) in [6.07, 6.45) is -0.276.